The molecule has 0 radical (unpaired) electrons. The molecule has 0 saturated heterocycles. The van der Waals surface area contributed by atoms with E-state index in [1.165, 1.54) is 0 Å². The average Bonchev–Trinajstić information content (AvgIpc) is 2.41. The molecule has 1 aromatic heterocycles. The highest BCUT2D eigenvalue weighted by Crippen LogP contribution is 2.28. The Bertz CT molecular complexity index is 561. The predicted octanol–water partition coefficient (Wildman–Crippen LogP) is 4.40. The zero-order valence-corrected chi connectivity index (χ0v) is 12.0. The molecule has 0 unspecified atom stereocenters. The molecule has 0 aliphatic heterocycles. The van der Waals surface area contributed by atoms with Crippen LogP contribution in [-0.4, -0.2) is 11.5 Å². The van der Waals surface area contributed by atoms with Gasteiger partial charge in [0.05, 0.1) is 5.02 Å². The molecule has 0 atom stereocenters. The maximum atomic E-state index is 6.04. The van der Waals surface area contributed by atoms with Crippen LogP contribution in [-0.2, 0) is 6.61 Å². The van der Waals surface area contributed by atoms with Gasteiger partial charge in [0.25, 0.3) is 0 Å². The van der Waals surface area contributed by atoms with Crippen LogP contribution in [0.2, 0.25) is 10.0 Å². The molecule has 0 spiro atoms. The van der Waals surface area contributed by atoms with Gasteiger partial charge in [-0.2, -0.15) is 0 Å². The van der Waals surface area contributed by atoms with E-state index in [0.29, 0.717) is 22.4 Å². The number of hydrogen-bond acceptors (Lipinski definition) is 3. The summed E-state index contributed by atoms with van der Waals surface area (Å²) in [6.07, 6.45) is 1.75. The van der Waals surface area contributed by atoms with Crippen molar-refractivity contribution in [3.05, 3.63) is 52.1 Å². The first-order valence-corrected chi connectivity index (χ1v) is 6.71. The number of benzene rings is 1. The first-order valence-electron chi connectivity index (χ1n) is 5.95. The van der Waals surface area contributed by atoms with Gasteiger partial charge < -0.3 is 10.1 Å². The highest BCUT2D eigenvalue weighted by molar-refractivity contribution is 6.34. The number of hydrogen-bond donors (Lipinski definition) is 1. The molecular formula is C14H14Cl2N2O. The molecule has 0 bridgehead atoms. The van der Waals surface area contributed by atoms with Crippen LogP contribution >= 0.6 is 23.2 Å². The number of halogens is 2. The lowest BCUT2D eigenvalue weighted by molar-refractivity contribution is 0.306. The Labute approximate surface area is 122 Å². The fraction of sp³-hybridized carbons (Fsp3) is 0.214. The van der Waals surface area contributed by atoms with Gasteiger partial charge in [0.1, 0.15) is 18.2 Å². The normalized spacial score (nSPS) is 10.3. The van der Waals surface area contributed by atoms with Crippen molar-refractivity contribution in [2.45, 2.75) is 13.5 Å². The second-order valence-electron chi connectivity index (χ2n) is 3.94. The number of nitrogens with one attached hydrogen (secondary N) is 1. The quantitative estimate of drug-likeness (QED) is 0.888. The molecule has 0 amide bonds. The molecule has 1 heterocycles. The van der Waals surface area contributed by atoms with E-state index in [0.717, 1.165) is 17.9 Å². The summed E-state index contributed by atoms with van der Waals surface area (Å²) < 4.78 is 5.66. The summed E-state index contributed by atoms with van der Waals surface area (Å²) in [5, 5.41) is 4.30. The molecular weight excluding hydrogens is 283 g/mol. The molecule has 2 rings (SSSR count). The van der Waals surface area contributed by atoms with Crippen LogP contribution in [0.3, 0.4) is 0 Å². The third-order valence-corrected chi connectivity index (χ3v) is 3.02. The standard InChI is InChI=1S/C14H14Cl2N2O/c1-2-17-14-7-10(5-6-18-14)9-19-13-8-11(15)3-4-12(13)16/h3-8H,2,9H2,1H3,(H,17,18). The van der Waals surface area contributed by atoms with E-state index >= 15 is 0 Å². The van der Waals surface area contributed by atoms with Gasteiger partial charge in [0.15, 0.2) is 0 Å². The number of nitrogens with zero attached hydrogens (tertiary/aromatic N) is 1. The number of aromatic nitrogens is 1. The van der Waals surface area contributed by atoms with E-state index < -0.39 is 0 Å². The van der Waals surface area contributed by atoms with Crippen molar-refractivity contribution in [3.63, 3.8) is 0 Å². The van der Waals surface area contributed by atoms with Crippen LogP contribution in [0.4, 0.5) is 5.82 Å². The highest BCUT2D eigenvalue weighted by Gasteiger charge is 2.03. The van der Waals surface area contributed by atoms with Gasteiger partial charge in [0.2, 0.25) is 0 Å². The van der Waals surface area contributed by atoms with Crippen molar-refractivity contribution in [2.75, 3.05) is 11.9 Å². The van der Waals surface area contributed by atoms with Gasteiger partial charge in [-0.05, 0) is 36.8 Å². The molecule has 0 fully saturated rings. The molecule has 1 aromatic carbocycles. The summed E-state index contributed by atoms with van der Waals surface area (Å²) in [6.45, 7) is 3.27. The smallest absolute Gasteiger partial charge is 0.139 e. The largest absolute Gasteiger partial charge is 0.487 e. The van der Waals surface area contributed by atoms with Crippen molar-refractivity contribution < 1.29 is 4.74 Å². The summed E-state index contributed by atoms with van der Waals surface area (Å²) in [6, 6.07) is 9.00. The third-order valence-electron chi connectivity index (χ3n) is 2.47. The van der Waals surface area contributed by atoms with Gasteiger partial charge in [0, 0.05) is 23.8 Å². The Morgan fingerprint density at radius 2 is 2.05 bits per heavy atom. The Balaban J connectivity index is 2.05. The first kappa shape index (κ1) is 14.0. The SMILES string of the molecule is CCNc1cc(COc2cc(Cl)ccc2Cl)ccn1. The van der Waals surface area contributed by atoms with Crippen molar-refractivity contribution in [2.24, 2.45) is 0 Å². The first-order chi connectivity index (χ1) is 9.19. The van der Waals surface area contributed by atoms with Crippen LogP contribution in [0.5, 0.6) is 5.75 Å². The lowest BCUT2D eigenvalue weighted by Gasteiger charge is -2.09. The van der Waals surface area contributed by atoms with Crippen molar-refractivity contribution in [1.82, 2.24) is 4.98 Å². The Morgan fingerprint density at radius 3 is 2.84 bits per heavy atom. The summed E-state index contributed by atoms with van der Waals surface area (Å²) in [5.74, 6) is 1.41. The van der Waals surface area contributed by atoms with E-state index in [2.05, 4.69) is 10.3 Å². The molecule has 0 aliphatic rings. The number of ether oxygens (including phenoxy) is 1. The van der Waals surface area contributed by atoms with Gasteiger partial charge >= 0.3 is 0 Å². The third kappa shape index (κ3) is 4.01. The molecule has 5 heteroatoms. The second kappa shape index (κ2) is 6.64. The van der Waals surface area contributed by atoms with Gasteiger partial charge in [-0.1, -0.05) is 23.2 Å². The number of pyridine rings is 1. The molecule has 100 valence electrons. The lowest BCUT2D eigenvalue weighted by atomic mass is 10.2. The van der Waals surface area contributed by atoms with E-state index in [1.54, 1.807) is 24.4 Å². The van der Waals surface area contributed by atoms with Crippen LogP contribution in [0.25, 0.3) is 0 Å². The summed E-state index contributed by atoms with van der Waals surface area (Å²) in [5.41, 5.74) is 1.02. The number of rotatable bonds is 5. The minimum Gasteiger partial charge on any atom is -0.487 e. The monoisotopic (exact) mass is 296 g/mol. The molecule has 19 heavy (non-hydrogen) atoms. The molecule has 0 aliphatic carbocycles. The van der Waals surface area contributed by atoms with E-state index in [-0.39, 0.29) is 0 Å². The van der Waals surface area contributed by atoms with Crippen LogP contribution in [0, 0.1) is 0 Å². The summed E-state index contributed by atoms with van der Waals surface area (Å²) in [7, 11) is 0. The van der Waals surface area contributed by atoms with Crippen LogP contribution in [0.1, 0.15) is 12.5 Å². The van der Waals surface area contributed by atoms with Crippen molar-refractivity contribution >= 4 is 29.0 Å². The molecule has 2 aromatic rings. The summed E-state index contributed by atoms with van der Waals surface area (Å²) in [4.78, 5) is 4.20. The van der Waals surface area contributed by atoms with E-state index in [9.17, 15) is 0 Å². The Hall–Kier alpha value is -1.45. The fourth-order valence-electron chi connectivity index (χ4n) is 1.59. The maximum absolute atomic E-state index is 6.04. The van der Waals surface area contributed by atoms with Gasteiger partial charge in [-0.3, -0.25) is 0 Å². The van der Waals surface area contributed by atoms with Crippen LogP contribution in [0.15, 0.2) is 36.5 Å². The Kier molecular flexibility index (Phi) is 4.88. The average molecular weight is 297 g/mol. The van der Waals surface area contributed by atoms with Gasteiger partial charge in [-0.15, -0.1) is 0 Å². The summed E-state index contributed by atoms with van der Waals surface area (Å²) >= 11 is 11.9. The van der Waals surface area contributed by atoms with Crippen molar-refractivity contribution in [3.8, 4) is 5.75 Å². The minimum absolute atomic E-state index is 0.418. The molecule has 0 saturated carbocycles. The highest BCUT2D eigenvalue weighted by atomic mass is 35.5. The van der Waals surface area contributed by atoms with E-state index in [4.69, 9.17) is 27.9 Å². The maximum Gasteiger partial charge on any atom is 0.139 e. The topological polar surface area (TPSA) is 34.1 Å². The van der Waals surface area contributed by atoms with E-state index in [1.807, 2.05) is 19.1 Å². The zero-order valence-electron chi connectivity index (χ0n) is 10.5. The van der Waals surface area contributed by atoms with Gasteiger partial charge in [-0.25, -0.2) is 4.98 Å². The molecule has 1 N–H and O–H groups in total. The fourth-order valence-corrected chi connectivity index (χ4v) is 1.92. The zero-order chi connectivity index (χ0) is 13.7. The molecule has 3 nitrogen and oxygen atoms in total. The predicted molar refractivity (Wildman–Crippen MR) is 79.2 cm³/mol. The van der Waals surface area contributed by atoms with Crippen molar-refractivity contribution in [1.29, 1.82) is 0 Å². The van der Waals surface area contributed by atoms with Crippen LogP contribution < -0.4 is 10.1 Å². The second-order valence-corrected chi connectivity index (χ2v) is 4.79. The number of anilines is 1. The Morgan fingerprint density at radius 1 is 1.21 bits per heavy atom. The minimum atomic E-state index is 0.418. The lowest BCUT2D eigenvalue weighted by Crippen LogP contribution is -2.01.